The summed E-state index contributed by atoms with van der Waals surface area (Å²) in [6.45, 7) is 3.59. The zero-order chi connectivity index (χ0) is 10.1. The summed E-state index contributed by atoms with van der Waals surface area (Å²) in [6, 6.07) is 3.16. The highest BCUT2D eigenvalue weighted by atomic mass is 35.7. The average Bonchev–Trinajstić information content (AvgIpc) is 2.01. The van der Waals surface area contributed by atoms with Gasteiger partial charge in [-0.15, -0.1) is 0 Å². The first-order valence-corrected chi connectivity index (χ1v) is 6.17. The third-order valence-electron chi connectivity index (χ3n) is 1.72. The standard InChI is InChI=1S/C8H10ClNO2S/c1-3-7-4-5-8(6(2)10-7)13(9,11)12/h4-5H,3H2,1-2H3. The lowest BCUT2D eigenvalue weighted by Gasteiger charge is -2.02. The Bertz CT molecular complexity index is 414. The molecule has 1 rings (SSSR count). The van der Waals surface area contributed by atoms with Crippen molar-refractivity contribution in [2.75, 3.05) is 0 Å². The number of pyridine rings is 1. The van der Waals surface area contributed by atoms with E-state index >= 15 is 0 Å². The van der Waals surface area contributed by atoms with Gasteiger partial charge in [-0.2, -0.15) is 0 Å². The Kier molecular flexibility index (Phi) is 2.93. The van der Waals surface area contributed by atoms with E-state index in [2.05, 4.69) is 4.98 Å². The van der Waals surface area contributed by atoms with Crippen LogP contribution in [-0.2, 0) is 15.5 Å². The summed E-state index contributed by atoms with van der Waals surface area (Å²) in [6.07, 6.45) is 0.781. The van der Waals surface area contributed by atoms with E-state index in [0.717, 1.165) is 12.1 Å². The molecular weight excluding hydrogens is 210 g/mol. The number of aromatic nitrogens is 1. The van der Waals surface area contributed by atoms with Crippen molar-refractivity contribution in [2.24, 2.45) is 0 Å². The van der Waals surface area contributed by atoms with Gasteiger partial charge in [0.1, 0.15) is 4.90 Å². The van der Waals surface area contributed by atoms with Gasteiger partial charge in [0.05, 0.1) is 5.69 Å². The van der Waals surface area contributed by atoms with Crippen molar-refractivity contribution >= 4 is 19.7 Å². The molecule has 0 aromatic carbocycles. The van der Waals surface area contributed by atoms with Crippen LogP contribution in [0.4, 0.5) is 0 Å². The lowest BCUT2D eigenvalue weighted by Crippen LogP contribution is -1.99. The van der Waals surface area contributed by atoms with Crippen LogP contribution in [0.15, 0.2) is 17.0 Å². The molecule has 1 aromatic heterocycles. The fraction of sp³-hybridized carbons (Fsp3) is 0.375. The molecule has 0 unspecified atom stereocenters. The summed E-state index contributed by atoms with van der Waals surface area (Å²) in [7, 11) is 1.54. The van der Waals surface area contributed by atoms with Gasteiger partial charge < -0.3 is 0 Å². The third-order valence-corrected chi connectivity index (χ3v) is 3.18. The van der Waals surface area contributed by atoms with Crippen LogP contribution in [0.3, 0.4) is 0 Å². The number of aryl methyl sites for hydroxylation is 2. The van der Waals surface area contributed by atoms with E-state index in [1.165, 1.54) is 6.07 Å². The first kappa shape index (κ1) is 10.5. The van der Waals surface area contributed by atoms with Gasteiger partial charge in [0.15, 0.2) is 0 Å². The minimum absolute atomic E-state index is 0.0892. The topological polar surface area (TPSA) is 47.0 Å². The predicted octanol–water partition coefficient (Wildman–Crippen LogP) is 1.88. The lowest BCUT2D eigenvalue weighted by molar-refractivity contribution is 0.608. The molecule has 0 spiro atoms. The third kappa shape index (κ3) is 2.42. The van der Waals surface area contributed by atoms with Crippen LogP contribution in [-0.4, -0.2) is 13.4 Å². The quantitative estimate of drug-likeness (QED) is 0.714. The summed E-state index contributed by atoms with van der Waals surface area (Å²) >= 11 is 0. The molecule has 0 saturated carbocycles. The molecule has 5 heteroatoms. The minimum atomic E-state index is -3.65. The van der Waals surface area contributed by atoms with Gasteiger partial charge in [-0.05, 0) is 25.5 Å². The largest absolute Gasteiger partial charge is 0.263 e. The molecule has 0 atom stereocenters. The maximum absolute atomic E-state index is 11.0. The summed E-state index contributed by atoms with van der Waals surface area (Å²) in [4.78, 5) is 4.18. The Balaban J connectivity index is 3.29. The summed E-state index contributed by atoms with van der Waals surface area (Å²) < 4.78 is 22.0. The molecule has 0 fully saturated rings. The molecule has 0 aliphatic carbocycles. The normalized spacial score (nSPS) is 11.6. The molecule has 13 heavy (non-hydrogen) atoms. The Morgan fingerprint density at radius 2 is 2.08 bits per heavy atom. The molecule has 3 nitrogen and oxygen atoms in total. The molecule has 72 valence electrons. The fourth-order valence-electron chi connectivity index (χ4n) is 1.05. The number of hydrogen-bond donors (Lipinski definition) is 0. The molecule has 1 heterocycles. The van der Waals surface area contributed by atoms with Crippen molar-refractivity contribution in [1.29, 1.82) is 0 Å². The number of nitrogens with zero attached hydrogens (tertiary/aromatic N) is 1. The number of rotatable bonds is 2. The minimum Gasteiger partial charge on any atom is -0.257 e. The van der Waals surface area contributed by atoms with Crippen LogP contribution >= 0.6 is 10.7 Å². The first-order valence-electron chi connectivity index (χ1n) is 3.86. The maximum Gasteiger partial charge on any atom is 0.263 e. The molecule has 0 N–H and O–H groups in total. The maximum atomic E-state index is 11.0. The second-order valence-electron chi connectivity index (χ2n) is 2.68. The highest BCUT2D eigenvalue weighted by molar-refractivity contribution is 8.13. The zero-order valence-electron chi connectivity index (χ0n) is 7.41. The van der Waals surface area contributed by atoms with Gasteiger partial charge in [-0.25, -0.2) is 8.42 Å². The van der Waals surface area contributed by atoms with E-state index < -0.39 is 9.05 Å². The average molecular weight is 220 g/mol. The van der Waals surface area contributed by atoms with Crippen LogP contribution in [0.25, 0.3) is 0 Å². The highest BCUT2D eigenvalue weighted by Crippen LogP contribution is 2.18. The second-order valence-corrected chi connectivity index (χ2v) is 5.21. The van der Waals surface area contributed by atoms with Crippen molar-refractivity contribution in [2.45, 2.75) is 25.2 Å². The molecule has 0 aliphatic heterocycles. The predicted molar refractivity (Wildman–Crippen MR) is 51.4 cm³/mol. The smallest absolute Gasteiger partial charge is 0.257 e. The Labute approximate surface area is 82.2 Å². The lowest BCUT2D eigenvalue weighted by atomic mass is 10.3. The van der Waals surface area contributed by atoms with Crippen LogP contribution in [0.2, 0.25) is 0 Å². The molecule has 0 radical (unpaired) electrons. The number of hydrogen-bond acceptors (Lipinski definition) is 3. The van der Waals surface area contributed by atoms with Crippen molar-refractivity contribution in [3.05, 3.63) is 23.5 Å². The Morgan fingerprint density at radius 1 is 1.46 bits per heavy atom. The second kappa shape index (κ2) is 3.64. The highest BCUT2D eigenvalue weighted by Gasteiger charge is 2.13. The van der Waals surface area contributed by atoms with Gasteiger partial charge in [-0.1, -0.05) is 6.92 Å². The van der Waals surface area contributed by atoms with E-state index in [1.54, 1.807) is 13.0 Å². The summed E-state index contributed by atoms with van der Waals surface area (Å²) in [5, 5.41) is 0. The molecule has 0 amide bonds. The van der Waals surface area contributed by atoms with Gasteiger partial charge in [0.25, 0.3) is 9.05 Å². The van der Waals surface area contributed by atoms with Gasteiger partial charge in [0.2, 0.25) is 0 Å². The van der Waals surface area contributed by atoms with Crippen molar-refractivity contribution in [3.63, 3.8) is 0 Å². The molecular formula is C8H10ClNO2S. The van der Waals surface area contributed by atoms with Crippen LogP contribution in [0.1, 0.15) is 18.3 Å². The SMILES string of the molecule is CCc1ccc(S(=O)(=O)Cl)c(C)n1. The van der Waals surface area contributed by atoms with Crippen molar-refractivity contribution in [1.82, 2.24) is 4.98 Å². The van der Waals surface area contributed by atoms with Crippen LogP contribution < -0.4 is 0 Å². The fourth-order valence-corrected chi connectivity index (χ4v) is 2.17. The Morgan fingerprint density at radius 3 is 2.46 bits per heavy atom. The Hall–Kier alpha value is -0.610. The van der Waals surface area contributed by atoms with Gasteiger partial charge in [-0.3, -0.25) is 4.98 Å². The molecule has 0 saturated heterocycles. The van der Waals surface area contributed by atoms with Gasteiger partial charge in [0, 0.05) is 16.4 Å². The van der Waals surface area contributed by atoms with Gasteiger partial charge >= 0.3 is 0 Å². The van der Waals surface area contributed by atoms with Crippen LogP contribution in [0.5, 0.6) is 0 Å². The van der Waals surface area contributed by atoms with E-state index in [1.807, 2.05) is 6.92 Å². The van der Waals surface area contributed by atoms with E-state index in [0.29, 0.717) is 5.69 Å². The first-order chi connectivity index (χ1) is 5.95. The molecule has 1 aromatic rings. The molecule has 0 aliphatic rings. The molecule has 0 bridgehead atoms. The van der Waals surface area contributed by atoms with Crippen molar-refractivity contribution in [3.8, 4) is 0 Å². The van der Waals surface area contributed by atoms with Crippen LogP contribution in [0, 0.1) is 6.92 Å². The zero-order valence-corrected chi connectivity index (χ0v) is 8.98. The van der Waals surface area contributed by atoms with Crippen molar-refractivity contribution < 1.29 is 8.42 Å². The summed E-state index contributed by atoms with van der Waals surface area (Å²) in [5.74, 6) is 0. The van der Waals surface area contributed by atoms with E-state index in [9.17, 15) is 8.42 Å². The number of halogens is 1. The van der Waals surface area contributed by atoms with E-state index in [4.69, 9.17) is 10.7 Å². The monoisotopic (exact) mass is 219 g/mol. The van der Waals surface area contributed by atoms with E-state index in [-0.39, 0.29) is 4.90 Å². The summed E-state index contributed by atoms with van der Waals surface area (Å²) in [5.41, 5.74) is 1.32.